The number of anilines is 1. The van der Waals surface area contributed by atoms with Gasteiger partial charge in [-0.3, -0.25) is 14.6 Å². The third-order valence-electron chi connectivity index (χ3n) is 11.9. The summed E-state index contributed by atoms with van der Waals surface area (Å²) in [6, 6.07) is 19.5. The molecule has 290 valence electrons. The first kappa shape index (κ1) is 36.3. The number of aromatic amines is 2. The van der Waals surface area contributed by atoms with E-state index in [1.54, 1.807) is 12.4 Å². The standard InChI is InChI=1S/C44H45N9O4/c1-4-25(2)39(51-44(56)57-3)43(55)52-19-7-11-36(52)41-46-24-35(50-41)29-17-18-31-32(20-29)45-22-33(48-31)26-13-15-27(16-14-26)34-23-47-42(49-34)37-21-30-10-5-8-28-9-6-12-38(54)53(37)40(28)30/h5,8,10,13-18,20,22-25,36-37,39H,4,6-7,9,11-12,19,21H2,1-3H3,(H,46,50)(H,47,49)(H,51,56)/t25-,36-,37-,39-/m0/s1. The lowest BCUT2D eigenvalue weighted by molar-refractivity contribution is -0.135. The number of carbonyl (C=O) groups excluding carboxylic acids is 3. The number of nitrogens with one attached hydrogen (secondary N) is 3. The van der Waals surface area contributed by atoms with Crippen molar-refractivity contribution in [1.29, 1.82) is 0 Å². The number of benzene rings is 3. The molecule has 13 heteroatoms. The van der Waals surface area contributed by atoms with Gasteiger partial charge in [0.1, 0.15) is 17.7 Å². The van der Waals surface area contributed by atoms with E-state index in [0.717, 1.165) is 94.8 Å². The predicted octanol–water partition coefficient (Wildman–Crippen LogP) is 7.48. The van der Waals surface area contributed by atoms with E-state index < -0.39 is 12.1 Å². The molecule has 4 atom stereocenters. The zero-order valence-corrected chi connectivity index (χ0v) is 32.3. The lowest BCUT2D eigenvalue weighted by atomic mass is 9.97. The summed E-state index contributed by atoms with van der Waals surface area (Å²) >= 11 is 0. The Morgan fingerprint density at radius 3 is 2.35 bits per heavy atom. The number of imidazole rings is 2. The van der Waals surface area contributed by atoms with Crippen LogP contribution in [0.15, 0.2) is 79.3 Å². The van der Waals surface area contributed by atoms with Crippen molar-refractivity contribution in [2.24, 2.45) is 5.92 Å². The zero-order valence-electron chi connectivity index (χ0n) is 32.3. The van der Waals surface area contributed by atoms with E-state index in [1.807, 2.05) is 60.2 Å². The van der Waals surface area contributed by atoms with Gasteiger partial charge in [-0.25, -0.2) is 19.7 Å². The van der Waals surface area contributed by atoms with E-state index in [1.165, 1.54) is 18.2 Å². The van der Waals surface area contributed by atoms with Crippen molar-refractivity contribution >= 4 is 34.6 Å². The van der Waals surface area contributed by atoms with Crippen LogP contribution in [0.1, 0.15) is 80.8 Å². The lowest BCUT2D eigenvalue weighted by Gasteiger charge is -2.30. The second-order valence-corrected chi connectivity index (χ2v) is 15.4. The molecule has 0 aliphatic carbocycles. The molecule has 1 fully saturated rings. The van der Waals surface area contributed by atoms with Gasteiger partial charge in [0.15, 0.2) is 0 Å². The third kappa shape index (κ3) is 6.70. The van der Waals surface area contributed by atoms with Crippen LogP contribution < -0.4 is 10.2 Å². The topological polar surface area (TPSA) is 162 Å². The molecule has 0 bridgehead atoms. The number of aryl methyl sites for hydroxylation is 1. The molecule has 3 aliphatic heterocycles. The number of H-pyrrole nitrogens is 2. The second-order valence-electron chi connectivity index (χ2n) is 15.4. The quantitative estimate of drug-likeness (QED) is 0.137. The average molecular weight is 764 g/mol. The molecule has 0 radical (unpaired) electrons. The number of carbonyl (C=O) groups is 3. The number of amides is 3. The Morgan fingerprint density at radius 2 is 1.58 bits per heavy atom. The SMILES string of the molecule is CC[C@H](C)[C@H](NC(=O)OC)C(=O)N1CCC[C@H]1c1ncc(-c2ccc3nc(-c4ccc(-c5cnc([C@@H]6Cc7cccc8c7N6C(=O)CCC8)[nH]5)cc4)cnc3c2)[nH]1. The van der Waals surface area contributed by atoms with Gasteiger partial charge in [0.25, 0.3) is 0 Å². The number of para-hydroxylation sites is 1. The van der Waals surface area contributed by atoms with Crippen molar-refractivity contribution < 1.29 is 19.1 Å². The van der Waals surface area contributed by atoms with Gasteiger partial charge in [0, 0.05) is 30.5 Å². The molecule has 3 N–H and O–H groups in total. The van der Waals surface area contributed by atoms with E-state index in [9.17, 15) is 14.4 Å². The Hall–Kier alpha value is -6.37. The third-order valence-corrected chi connectivity index (χ3v) is 11.9. The number of methoxy groups -OCH3 is 1. The van der Waals surface area contributed by atoms with Crippen molar-refractivity contribution in [2.45, 2.75) is 76.9 Å². The van der Waals surface area contributed by atoms with Crippen LogP contribution in [0.4, 0.5) is 10.5 Å². The highest BCUT2D eigenvalue weighted by atomic mass is 16.5. The van der Waals surface area contributed by atoms with Crippen LogP contribution in [-0.4, -0.2) is 72.4 Å². The van der Waals surface area contributed by atoms with Crippen molar-refractivity contribution in [1.82, 2.24) is 40.1 Å². The van der Waals surface area contributed by atoms with Crippen LogP contribution in [0, 0.1) is 5.92 Å². The Balaban J connectivity index is 0.894. The number of nitrogens with zero attached hydrogens (tertiary/aromatic N) is 6. The van der Waals surface area contributed by atoms with E-state index in [-0.39, 0.29) is 29.8 Å². The van der Waals surface area contributed by atoms with Crippen molar-refractivity contribution in [2.75, 3.05) is 18.6 Å². The van der Waals surface area contributed by atoms with Gasteiger partial charge in [-0.2, -0.15) is 0 Å². The van der Waals surface area contributed by atoms with Gasteiger partial charge >= 0.3 is 6.09 Å². The first-order chi connectivity index (χ1) is 27.8. The minimum absolute atomic E-state index is 0.0571. The van der Waals surface area contributed by atoms with E-state index in [4.69, 9.17) is 24.7 Å². The van der Waals surface area contributed by atoms with Gasteiger partial charge in [-0.1, -0.05) is 68.8 Å². The maximum atomic E-state index is 13.7. The minimum Gasteiger partial charge on any atom is -0.453 e. The van der Waals surface area contributed by atoms with Gasteiger partial charge in [-0.05, 0) is 60.4 Å². The minimum atomic E-state index is -0.679. The van der Waals surface area contributed by atoms with E-state index >= 15 is 0 Å². The van der Waals surface area contributed by atoms with Gasteiger partial charge < -0.3 is 29.8 Å². The first-order valence-electron chi connectivity index (χ1n) is 19.8. The first-order valence-corrected chi connectivity index (χ1v) is 19.8. The predicted molar refractivity (Wildman–Crippen MR) is 216 cm³/mol. The number of rotatable bonds is 9. The number of alkyl carbamates (subject to hydrolysis) is 1. The Kier molecular flexibility index (Phi) is 9.51. The molecule has 3 aromatic carbocycles. The summed E-state index contributed by atoms with van der Waals surface area (Å²) < 4.78 is 4.81. The number of hydrogen-bond donors (Lipinski definition) is 3. The largest absolute Gasteiger partial charge is 0.453 e. The number of ether oxygens (including phenoxy) is 1. The summed E-state index contributed by atoms with van der Waals surface area (Å²) in [5, 5.41) is 2.75. The summed E-state index contributed by atoms with van der Waals surface area (Å²) in [5.74, 6) is 1.49. The number of fused-ring (bicyclic) bond motifs is 1. The molecule has 57 heavy (non-hydrogen) atoms. The second kappa shape index (κ2) is 14.9. The molecule has 3 aromatic heterocycles. The smallest absolute Gasteiger partial charge is 0.407 e. The van der Waals surface area contributed by atoms with Crippen molar-refractivity contribution in [3.05, 3.63) is 102 Å². The average Bonchev–Trinajstić information content (AvgIpc) is 4.07. The molecule has 0 saturated carbocycles. The normalized spacial score (nSPS) is 18.7. The highest BCUT2D eigenvalue weighted by molar-refractivity contribution is 5.98. The molecule has 6 heterocycles. The van der Waals surface area contributed by atoms with Crippen molar-refractivity contribution in [3.63, 3.8) is 0 Å². The summed E-state index contributed by atoms with van der Waals surface area (Å²) in [4.78, 5) is 69.0. The molecule has 13 nitrogen and oxygen atoms in total. The molecule has 3 aliphatic rings. The van der Waals surface area contributed by atoms with Crippen LogP contribution >= 0.6 is 0 Å². The fourth-order valence-electron chi connectivity index (χ4n) is 8.65. The molecular weight excluding hydrogens is 719 g/mol. The maximum Gasteiger partial charge on any atom is 0.407 e. The Morgan fingerprint density at radius 1 is 0.860 bits per heavy atom. The Labute approximate surface area is 330 Å². The summed E-state index contributed by atoms with van der Waals surface area (Å²) in [6.07, 6.45) is 10.3. The summed E-state index contributed by atoms with van der Waals surface area (Å²) in [6.45, 7) is 4.55. The monoisotopic (exact) mass is 763 g/mol. The highest BCUT2D eigenvalue weighted by Crippen LogP contribution is 2.44. The summed E-state index contributed by atoms with van der Waals surface area (Å²) in [7, 11) is 1.30. The molecule has 3 amide bonds. The molecule has 0 spiro atoms. The number of likely N-dealkylation sites (tertiary alicyclic amines) is 1. The van der Waals surface area contributed by atoms with E-state index in [2.05, 4.69) is 45.6 Å². The number of hydrogen-bond acceptors (Lipinski definition) is 8. The fourth-order valence-corrected chi connectivity index (χ4v) is 8.65. The van der Waals surface area contributed by atoms with Gasteiger partial charge in [0.2, 0.25) is 11.8 Å². The highest BCUT2D eigenvalue weighted by Gasteiger charge is 2.40. The molecule has 1 saturated heterocycles. The number of aromatic nitrogens is 6. The van der Waals surface area contributed by atoms with Gasteiger partial charge in [-0.15, -0.1) is 0 Å². The maximum absolute atomic E-state index is 13.7. The zero-order chi connectivity index (χ0) is 39.2. The van der Waals surface area contributed by atoms with Crippen LogP contribution in [0.5, 0.6) is 0 Å². The van der Waals surface area contributed by atoms with E-state index in [0.29, 0.717) is 18.8 Å². The van der Waals surface area contributed by atoms with Crippen LogP contribution in [0.2, 0.25) is 0 Å². The molecular formula is C44H45N9O4. The van der Waals surface area contributed by atoms with Crippen LogP contribution in [-0.2, 0) is 27.2 Å². The lowest BCUT2D eigenvalue weighted by Crippen LogP contribution is -2.51. The molecule has 0 unspecified atom stereocenters. The van der Waals surface area contributed by atoms with Crippen LogP contribution in [0.3, 0.4) is 0 Å². The fraction of sp³-hybridized carbons (Fsp3) is 0.341. The van der Waals surface area contributed by atoms with Crippen molar-refractivity contribution in [3.8, 4) is 33.8 Å². The van der Waals surface area contributed by atoms with Gasteiger partial charge in [0.05, 0.1) is 71.6 Å². The van der Waals surface area contributed by atoms with Crippen LogP contribution in [0.25, 0.3) is 44.8 Å². The summed E-state index contributed by atoms with van der Waals surface area (Å²) in [5.41, 5.74) is 10.4. The molecule has 6 aromatic rings. The molecule has 9 rings (SSSR count). The Bertz CT molecular complexity index is 2490.